The van der Waals surface area contributed by atoms with E-state index >= 15 is 0 Å². The Balaban J connectivity index is 1.31. The largest absolute Gasteiger partial charge is 0.230 e. The van der Waals surface area contributed by atoms with E-state index in [0.29, 0.717) is 16.7 Å². The second-order valence-corrected chi connectivity index (χ2v) is 12.7. The lowest BCUT2D eigenvalue weighted by atomic mass is 9.44. The highest BCUT2D eigenvalue weighted by Gasteiger charge is 2.60. The first-order chi connectivity index (χ1) is 14.9. The second kappa shape index (κ2) is 8.13. The Morgan fingerprint density at radius 1 is 1.00 bits per heavy atom. The number of fused-ring (bicyclic) bond motifs is 5. The minimum Gasteiger partial charge on any atom is -0.230 e. The summed E-state index contributed by atoms with van der Waals surface area (Å²) in [6.45, 7) is 13.3. The summed E-state index contributed by atoms with van der Waals surface area (Å²) in [4.78, 5) is 0. The van der Waals surface area contributed by atoms with Crippen molar-refractivity contribution >= 4 is 0 Å². The van der Waals surface area contributed by atoms with E-state index in [9.17, 15) is 0 Å². The normalized spacial score (nSPS) is 45.6. The fourth-order valence-electron chi connectivity index (χ4n) is 9.81. The van der Waals surface area contributed by atoms with Crippen molar-refractivity contribution in [3.8, 4) is 0 Å². The van der Waals surface area contributed by atoms with Gasteiger partial charge < -0.3 is 0 Å². The Labute approximate surface area is 190 Å². The molecule has 4 heteroatoms. The van der Waals surface area contributed by atoms with Crippen molar-refractivity contribution in [3.05, 3.63) is 5.82 Å². The Hall–Kier alpha value is -0.930. The highest BCUT2D eigenvalue weighted by molar-refractivity contribution is 5.09. The van der Waals surface area contributed by atoms with Gasteiger partial charge in [0.25, 0.3) is 0 Å². The molecule has 4 nitrogen and oxygen atoms in total. The molecular formula is C27H46N4. The van der Waals surface area contributed by atoms with Crippen molar-refractivity contribution in [2.75, 3.05) is 0 Å². The maximum absolute atomic E-state index is 4.25. The maximum Gasteiger partial charge on any atom is 0.148 e. The zero-order valence-corrected chi connectivity index (χ0v) is 20.8. The SMILES string of the molecule is CCC[C@H]1CC[C@]2(C)C3CC[C@@]4(C)C(CCC4[C@H](C)Cn4nnnc4C)[C@@H]3CC[C@@H]2C1. The molecule has 0 amide bonds. The zero-order chi connectivity index (χ0) is 21.8. The second-order valence-electron chi connectivity index (χ2n) is 12.7. The van der Waals surface area contributed by atoms with Crippen molar-refractivity contribution < 1.29 is 0 Å². The van der Waals surface area contributed by atoms with Gasteiger partial charge in [-0.05, 0) is 127 Å². The fraction of sp³-hybridized carbons (Fsp3) is 0.963. The molecule has 0 aliphatic heterocycles. The fourth-order valence-corrected chi connectivity index (χ4v) is 9.81. The predicted molar refractivity (Wildman–Crippen MR) is 125 cm³/mol. The standard InChI is InChI=1S/C27H46N4/c1-6-7-20-12-14-26(4)21(16-20)8-9-22-24-11-10-23(27(24,5)15-13-25(22)26)18(2)17-31-19(3)28-29-30-31/h18,20-25H,6-17H2,1-5H3/t18-,20+,21-,22+,23?,24?,25?,26+,27-/m1/s1. The molecule has 0 bridgehead atoms. The van der Waals surface area contributed by atoms with Crippen LogP contribution < -0.4 is 0 Å². The molecule has 1 heterocycles. The molecule has 9 atom stereocenters. The Morgan fingerprint density at radius 3 is 2.52 bits per heavy atom. The van der Waals surface area contributed by atoms with Crippen molar-refractivity contribution in [1.82, 2.24) is 20.2 Å². The molecule has 4 aliphatic carbocycles. The summed E-state index contributed by atoms with van der Waals surface area (Å²) in [5.74, 6) is 7.44. The van der Waals surface area contributed by atoms with E-state index in [1.54, 1.807) is 6.42 Å². The Morgan fingerprint density at radius 2 is 1.77 bits per heavy atom. The number of aryl methyl sites for hydroxylation is 1. The van der Waals surface area contributed by atoms with Gasteiger partial charge in [-0.3, -0.25) is 0 Å². The third kappa shape index (κ3) is 3.50. The van der Waals surface area contributed by atoms with Gasteiger partial charge in [0, 0.05) is 6.54 Å². The summed E-state index contributed by atoms with van der Waals surface area (Å²) in [5, 5.41) is 12.2. The van der Waals surface area contributed by atoms with E-state index in [1.165, 1.54) is 64.2 Å². The lowest BCUT2D eigenvalue weighted by Gasteiger charge is -2.61. The minimum atomic E-state index is 0.533. The summed E-state index contributed by atoms with van der Waals surface area (Å²) >= 11 is 0. The minimum absolute atomic E-state index is 0.533. The van der Waals surface area contributed by atoms with Crippen molar-refractivity contribution in [1.29, 1.82) is 0 Å². The molecule has 31 heavy (non-hydrogen) atoms. The van der Waals surface area contributed by atoms with E-state index < -0.39 is 0 Å². The van der Waals surface area contributed by atoms with Crippen LogP contribution >= 0.6 is 0 Å². The topological polar surface area (TPSA) is 43.6 Å². The number of hydrogen-bond acceptors (Lipinski definition) is 3. The Bertz CT molecular complexity index is 773. The van der Waals surface area contributed by atoms with Gasteiger partial charge in [0.05, 0.1) is 0 Å². The summed E-state index contributed by atoms with van der Waals surface area (Å²) < 4.78 is 2.04. The number of hydrogen-bond donors (Lipinski definition) is 0. The molecule has 0 aromatic carbocycles. The van der Waals surface area contributed by atoms with Gasteiger partial charge >= 0.3 is 0 Å². The van der Waals surface area contributed by atoms with Gasteiger partial charge in [-0.2, -0.15) is 0 Å². The number of rotatable bonds is 5. The molecule has 1 aromatic heterocycles. The molecule has 0 N–H and O–H groups in total. The van der Waals surface area contributed by atoms with Gasteiger partial charge in [-0.1, -0.05) is 40.5 Å². The molecule has 1 aromatic rings. The van der Waals surface area contributed by atoms with Crippen LogP contribution in [0.15, 0.2) is 0 Å². The number of nitrogens with zero attached hydrogens (tertiary/aromatic N) is 4. The van der Waals surface area contributed by atoms with Crippen LogP contribution in [-0.4, -0.2) is 20.2 Å². The van der Waals surface area contributed by atoms with E-state index in [0.717, 1.165) is 47.9 Å². The highest BCUT2D eigenvalue weighted by Crippen LogP contribution is 2.68. The first-order valence-electron chi connectivity index (χ1n) is 13.6. The van der Waals surface area contributed by atoms with Gasteiger partial charge in [0.1, 0.15) is 5.82 Å². The molecule has 4 fully saturated rings. The molecule has 0 spiro atoms. The average molecular weight is 427 g/mol. The van der Waals surface area contributed by atoms with Gasteiger partial charge in [-0.25, -0.2) is 4.68 Å². The van der Waals surface area contributed by atoms with E-state index in [4.69, 9.17) is 0 Å². The van der Waals surface area contributed by atoms with Gasteiger partial charge in [0.2, 0.25) is 0 Å². The smallest absolute Gasteiger partial charge is 0.148 e. The molecule has 174 valence electrons. The van der Waals surface area contributed by atoms with Crippen LogP contribution in [0.2, 0.25) is 0 Å². The first-order valence-corrected chi connectivity index (χ1v) is 13.6. The lowest BCUT2D eigenvalue weighted by molar-refractivity contribution is -0.121. The number of tetrazole rings is 1. The summed E-state index contributed by atoms with van der Waals surface area (Å²) in [6, 6.07) is 0. The van der Waals surface area contributed by atoms with Crippen LogP contribution in [0.25, 0.3) is 0 Å². The maximum atomic E-state index is 4.25. The van der Waals surface area contributed by atoms with Crippen LogP contribution in [0.3, 0.4) is 0 Å². The molecule has 3 unspecified atom stereocenters. The number of aromatic nitrogens is 4. The van der Waals surface area contributed by atoms with Crippen LogP contribution in [0.1, 0.15) is 104 Å². The summed E-state index contributed by atoms with van der Waals surface area (Å²) in [5.41, 5.74) is 1.17. The molecule has 0 saturated heterocycles. The summed E-state index contributed by atoms with van der Waals surface area (Å²) in [6.07, 6.45) is 16.3. The molecule has 4 saturated carbocycles. The Kier molecular flexibility index (Phi) is 5.74. The highest BCUT2D eigenvalue weighted by atomic mass is 15.5. The molecule has 5 rings (SSSR count). The summed E-state index contributed by atoms with van der Waals surface area (Å²) in [7, 11) is 0. The molecule has 4 aliphatic rings. The quantitative estimate of drug-likeness (QED) is 0.526. The third-order valence-corrected chi connectivity index (χ3v) is 11.4. The van der Waals surface area contributed by atoms with Crippen LogP contribution in [0, 0.1) is 59.2 Å². The monoisotopic (exact) mass is 426 g/mol. The third-order valence-electron chi connectivity index (χ3n) is 11.4. The van der Waals surface area contributed by atoms with E-state index in [1.807, 2.05) is 11.6 Å². The van der Waals surface area contributed by atoms with E-state index in [2.05, 4.69) is 43.2 Å². The van der Waals surface area contributed by atoms with Crippen LogP contribution in [0.5, 0.6) is 0 Å². The van der Waals surface area contributed by atoms with Gasteiger partial charge in [0.15, 0.2) is 0 Å². The zero-order valence-electron chi connectivity index (χ0n) is 20.8. The molecular weight excluding hydrogens is 380 g/mol. The van der Waals surface area contributed by atoms with Crippen molar-refractivity contribution in [3.63, 3.8) is 0 Å². The van der Waals surface area contributed by atoms with Crippen molar-refractivity contribution in [2.24, 2.45) is 52.3 Å². The first kappa shape index (κ1) is 21.9. The molecule has 0 radical (unpaired) electrons. The van der Waals surface area contributed by atoms with Gasteiger partial charge in [-0.15, -0.1) is 5.10 Å². The van der Waals surface area contributed by atoms with Crippen LogP contribution in [-0.2, 0) is 6.54 Å². The lowest BCUT2D eigenvalue weighted by Crippen LogP contribution is -2.53. The van der Waals surface area contributed by atoms with E-state index in [-0.39, 0.29) is 0 Å². The van der Waals surface area contributed by atoms with Crippen LogP contribution in [0.4, 0.5) is 0 Å². The van der Waals surface area contributed by atoms with Crippen molar-refractivity contribution in [2.45, 2.75) is 112 Å². The average Bonchev–Trinajstić information content (AvgIpc) is 3.31. The predicted octanol–water partition coefficient (Wildman–Crippen LogP) is 6.69.